The Morgan fingerprint density at radius 2 is 2.08 bits per heavy atom. The Hall–Kier alpha value is -2.64. The second kappa shape index (κ2) is 8.16. The van der Waals surface area contributed by atoms with Gasteiger partial charge in [0.2, 0.25) is 5.91 Å². The fraction of sp³-hybridized carbons (Fsp3) is 0.263. The summed E-state index contributed by atoms with van der Waals surface area (Å²) in [5, 5.41) is 5.73. The molecule has 1 amide bonds. The largest absolute Gasteiger partial charge is 0.349 e. The van der Waals surface area contributed by atoms with Crippen LogP contribution >= 0.6 is 11.3 Å². The minimum atomic E-state index is -0.339. The Morgan fingerprint density at radius 1 is 1.27 bits per heavy atom. The fourth-order valence-electron chi connectivity index (χ4n) is 2.74. The summed E-state index contributed by atoms with van der Waals surface area (Å²) in [6, 6.07) is 7.61. The Kier molecular flexibility index (Phi) is 5.70. The van der Waals surface area contributed by atoms with E-state index in [4.69, 9.17) is 0 Å². The van der Waals surface area contributed by atoms with Gasteiger partial charge >= 0.3 is 0 Å². The third kappa shape index (κ3) is 4.12. The molecule has 0 aliphatic rings. The summed E-state index contributed by atoms with van der Waals surface area (Å²) in [5.41, 5.74) is 3.65. The van der Waals surface area contributed by atoms with Gasteiger partial charge in [-0.1, -0.05) is 24.3 Å². The van der Waals surface area contributed by atoms with Crippen molar-refractivity contribution < 1.29 is 4.79 Å². The molecule has 3 rings (SSSR count). The minimum absolute atomic E-state index is 0.0432. The lowest BCUT2D eigenvalue weighted by atomic mass is 10.00. The third-order valence-electron chi connectivity index (χ3n) is 4.03. The Bertz CT molecular complexity index is 878. The molecule has 2 aromatic heterocycles. The van der Waals surface area contributed by atoms with Crippen LogP contribution in [0.25, 0.3) is 10.7 Å². The summed E-state index contributed by atoms with van der Waals surface area (Å²) < 4.78 is 0. The van der Waals surface area contributed by atoms with E-state index in [-0.39, 0.29) is 11.9 Å². The Balaban J connectivity index is 1.70. The number of hydrogen-bond acceptors (Lipinski definition) is 6. The molecule has 0 spiro atoms. The first-order valence-electron chi connectivity index (χ1n) is 8.26. The molecule has 0 aliphatic heterocycles. The van der Waals surface area contributed by atoms with E-state index in [1.165, 1.54) is 11.3 Å². The lowest BCUT2D eigenvalue weighted by Gasteiger charge is -2.25. The number of aromatic nitrogens is 3. The van der Waals surface area contributed by atoms with Crippen LogP contribution in [-0.4, -0.2) is 39.9 Å². The van der Waals surface area contributed by atoms with Crippen molar-refractivity contribution in [3.05, 3.63) is 65.1 Å². The Labute approximate surface area is 157 Å². The third-order valence-corrected chi connectivity index (χ3v) is 4.94. The van der Waals surface area contributed by atoms with Crippen LogP contribution in [0.2, 0.25) is 0 Å². The predicted molar refractivity (Wildman–Crippen MR) is 103 cm³/mol. The van der Waals surface area contributed by atoms with Crippen molar-refractivity contribution >= 4 is 17.2 Å². The molecule has 3 aromatic rings. The molecule has 1 atom stereocenters. The van der Waals surface area contributed by atoms with Gasteiger partial charge in [-0.25, -0.2) is 4.98 Å². The predicted octanol–water partition coefficient (Wildman–Crippen LogP) is 2.83. The number of rotatable bonds is 6. The molecule has 0 radical (unpaired) electrons. The van der Waals surface area contributed by atoms with Gasteiger partial charge < -0.3 is 5.32 Å². The van der Waals surface area contributed by atoms with Crippen LogP contribution < -0.4 is 5.32 Å². The highest BCUT2D eigenvalue weighted by atomic mass is 32.1. The zero-order valence-corrected chi connectivity index (χ0v) is 15.8. The quantitative estimate of drug-likeness (QED) is 0.725. The molecule has 7 heteroatoms. The molecule has 0 saturated heterocycles. The average Bonchev–Trinajstić information content (AvgIpc) is 3.11. The number of likely N-dealkylation sites (N-methyl/N-ethyl adjacent to an activating group) is 1. The zero-order chi connectivity index (χ0) is 18.5. The van der Waals surface area contributed by atoms with E-state index in [0.29, 0.717) is 6.54 Å². The molecule has 0 aliphatic carbocycles. The van der Waals surface area contributed by atoms with Gasteiger partial charge in [0.1, 0.15) is 16.7 Å². The van der Waals surface area contributed by atoms with E-state index < -0.39 is 0 Å². The summed E-state index contributed by atoms with van der Waals surface area (Å²) in [7, 11) is 3.82. The van der Waals surface area contributed by atoms with Crippen molar-refractivity contribution in [2.75, 3.05) is 14.1 Å². The van der Waals surface area contributed by atoms with E-state index >= 15 is 0 Å². The zero-order valence-electron chi connectivity index (χ0n) is 15.0. The molecule has 0 saturated carbocycles. The SMILES string of the molecule is Cc1ccccc1[C@H](C(=O)NCc1csc(-c2cnccn2)n1)N(C)C. The molecular weight excluding hydrogens is 346 g/mol. The number of amides is 1. The molecule has 0 fully saturated rings. The van der Waals surface area contributed by atoms with Crippen LogP contribution in [0.1, 0.15) is 22.9 Å². The van der Waals surface area contributed by atoms with Gasteiger partial charge in [-0.3, -0.25) is 19.7 Å². The maximum absolute atomic E-state index is 12.8. The van der Waals surface area contributed by atoms with Gasteiger partial charge in [0, 0.05) is 17.8 Å². The normalized spacial score (nSPS) is 12.2. The van der Waals surface area contributed by atoms with Crippen LogP contribution in [0.15, 0.2) is 48.2 Å². The standard InChI is InChI=1S/C19H21N5OS/c1-13-6-4-5-7-15(13)17(24(2)3)18(25)22-10-14-12-26-19(23-14)16-11-20-8-9-21-16/h4-9,11-12,17H,10H2,1-3H3,(H,22,25)/t17-/m1/s1. The van der Waals surface area contributed by atoms with Crippen LogP contribution in [-0.2, 0) is 11.3 Å². The number of thiazole rings is 1. The van der Waals surface area contributed by atoms with Crippen molar-refractivity contribution in [1.82, 2.24) is 25.2 Å². The second-order valence-electron chi connectivity index (χ2n) is 6.18. The van der Waals surface area contributed by atoms with Crippen molar-refractivity contribution in [2.24, 2.45) is 0 Å². The van der Waals surface area contributed by atoms with Gasteiger partial charge in [-0.05, 0) is 32.1 Å². The molecule has 6 nitrogen and oxygen atoms in total. The first-order valence-corrected chi connectivity index (χ1v) is 9.14. The first kappa shape index (κ1) is 18.2. The van der Waals surface area contributed by atoms with Crippen molar-refractivity contribution in [2.45, 2.75) is 19.5 Å². The first-order chi connectivity index (χ1) is 12.6. The van der Waals surface area contributed by atoms with Crippen LogP contribution in [0.4, 0.5) is 0 Å². The number of carbonyl (C=O) groups excluding carboxylic acids is 1. The summed E-state index contributed by atoms with van der Waals surface area (Å²) in [6.07, 6.45) is 4.95. The highest BCUT2D eigenvalue weighted by Crippen LogP contribution is 2.23. The summed E-state index contributed by atoms with van der Waals surface area (Å²) in [5.74, 6) is -0.0432. The van der Waals surface area contributed by atoms with Crippen molar-refractivity contribution in [1.29, 1.82) is 0 Å². The molecular formula is C19H21N5OS. The smallest absolute Gasteiger partial charge is 0.242 e. The number of aryl methyl sites for hydroxylation is 1. The topological polar surface area (TPSA) is 71.0 Å². The summed E-state index contributed by atoms with van der Waals surface area (Å²) in [6.45, 7) is 2.40. The van der Waals surface area contributed by atoms with E-state index in [1.54, 1.807) is 18.6 Å². The molecule has 1 aromatic carbocycles. The lowest BCUT2D eigenvalue weighted by Crippen LogP contribution is -2.37. The number of benzene rings is 1. The average molecular weight is 367 g/mol. The highest BCUT2D eigenvalue weighted by Gasteiger charge is 2.24. The monoisotopic (exact) mass is 367 g/mol. The highest BCUT2D eigenvalue weighted by molar-refractivity contribution is 7.13. The van der Waals surface area contributed by atoms with E-state index in [0.717, 1.165) is 27.5 Å². The minimum Gasteiger partial charge on any atom is -0.349 e. The molecule has 26 heavy (non-hydrogen) atoms. The van der Waals surface area contributed by atoms with Crippen LogP contribution in [0.3, 0.4) is 0 Å². The van der Waals surface area contributed by atoms with E-state index in [9.17, 15) is 4.79 Å². The Morgan fingerprint density at radius 3 is 2.77 bits per heavy atom. The maximum Gasteiger partial charge on any atom is 0.242 e. The van der Waals surface area contributed by atoms with E-state index in [1.807, 2.05) is 55.6 Å². The number of nitrogens with zero attached hydrogens (tertiary/aromatic N) is 4. The van der Waals surface area contributed by atoms with Crippen molar-refractivity contribution in [3.8, 4) is 10.7 Å². The van der Waals surface area contributed by atoms with Crippen molar-refractivity contribution in [3.63, 3.8) is 0 Å². The van der Waals surface area contributed by atoms with E-state index in [2.05, 4.69) is 20.3 Å². The van der Waals surface area contributed by atoms with Gasteiger partial charge in [0.25, 0.3) is 0 Å². The second-order valence-corrected chi connectivity index (χ2v) is 7.03. The molecule has 134 valence electrons. The molecule has 0 bridgehead atoms. The molecule has 1 N–H and O–H groups in total. The fourth-order valence-corrected chi connectivity index (χ4v) is 3.52. The van der Waals surface area contributed by atoms with Gasteiger partial charge in [-0.15, -0.1) is 11.3 Å². The van der Waals surface area contributed by atoms with Crippen LogP contribution in [0, 0.1) is 6.92 Å². The summed E-state index contributed by atoms with van der Waals surface area (Å²) >= 11 is 1.49. The molecule has 0 unspecified atom stereocenters. The number of hydrogen-bond donors (Lipinski definition) is 1. The van der Waals surface area contributed by atoms with Gasteiger partial charge in [0.05, 0.1) is 18.4 Å². The van der Waals surface area contributed by atoms with Crippen LogP contribution in [0.5, 0.6) is 0 Å². The molecule has 2 heterocycles. The van der Waals surface area contributed by atoms with Gasteiger partial charge in [0.15, 0.2) is 0 Å². The lowest BCUT2D eigenvalue weighted by molar-refractivity contribution is -0.126. The number of nitrogens with one attached hydrogen (secondary N) is 1. The summed E-state index contributed by atoms with van der Waals surface area (Å²) in [4.78, 5) is 27.6. The maximum atomic E-state index is 12.8. The van der Waals surface area contributed by atoms with Gasteiger partial charge in [-0.2, -0.15) is 0 Å². The number of carbonyl (C=O) groups is 1.